The molecule has 1 aromatic carbocycles. The Balaban J connectivity index is 2.00. The van der Waals surface area contributed by atoms with E-state index in [-0.39, 0.29) is 16.7 Å². The molecule has 0 amide bonds. The number of pyridine rings is 1. The first-order chi connectivity index (χ1) is 12.7. The summed E-state index contributed by atoms with van der Waals surface area (Å²) in [5, 5.41) is 0.293. The van der Waals surface area contributed by atoms with Crippen LogP contribution in [-0.2, 0) is 15.7 Å². The van der Waals surface area contributed by atoms with E-state index in [1.54, 1.807) is 18.2 Å². The molecule has 4 nitrogen and oxygen atoms in total. The van der Waals surface area contributed by atoms with E-state index in [9.17, 15) is 18.0 Å². The first kappa shape index (κ1) is 19.8. The van der Waals surface area contributed by atoms with Gasteiger partial charge in [0.05, 0.1) is 34.1 Å². The van der Waals surface area contributed by atoms with Crippen LogP contribution < -0.4 is 4.90 Å². The smallest absolute Gasteiger partial charge is 0.417 e. The van der Waals surface area contributed by atoms with Gasteiger partial charge in [-0.05, 0) is 31.0 Å². The van der Waals surface area contributed by atoms with Crippen LogP contribution in [0.25, 0.3) is 11.3 Å². The normalized spacial score (nSPS) is 17.3. The Morgan fingerprint density at radius 2 is 2.00 bits per heavy atom. The lowest BCUT2D eigenvalue weighted by Gasteiger charge is -2.26. The lowest BCUT2D eigenvalue weighted by Crippen LogP contribution is -2.37. The fourth-order valence-electron chi connectivity index (χ4n) is 3.12. The molecule has 144 valence electrons. The summed E-state index contributed by atoms with van der Waals surface area (Å²) in [7, 11) is 1.32. The Labute approximate surface area is 163 Å². The zero-order valence-electron chi connectivity index (χ0n) is 14.2. The molecule has 1 atom stereocenters. The van der Waals surface area contributed by atoms with Gasteiger partial charge in [0.15, 0.2) is 0 Å². The molecule has 0 bridgehead atoms. The molecule has 2 aromatic rings. The quantitative estimate of drug-likeness (QED) is 0.641. The number of ether oxygens (including phenoxy) is 1. The summed E-state index contributed by atoms with van der Waals surface area (Å²) in [6, 6.07) is 5.28. The van der Waals surface area contributed by atoms with Crippen molar-refractivity contribution < 1.29 is 22.7 Å². The molecular formula is C18H15Cl2F3N2O2. The molecule has 0 spiro atoms. The van der Waals surface area contributed by atoms with Crippen molar-refractivity contribution in [1.29, 1.82) is 0 Å². The molecule has 2 heterocycles. The standard InChI is InChI=1S/C18H15Cl2F3N2O2/c1-27-17(26)14-3-2-6-25(14)15-7-10(4-5-12(15)19)16-13(20)8-11(9-24-16)18(21,22)23/h4-5,7-9,14H,2-3,6H2,1H3/t14-/m0/s1. The Hall–Kier alpha value is -1.99. The SMILES string of the molecule is COC(=O)[C@@H]1CCCN1c1cc(-c2ncc(C(F)(F)F)cc2Cl)ccc1Cl. The largest absolute Gasteiger partial charge is 0.467 e. The molecule has 27 heavy (non-hydrogen) atoms. The first-order valence-electron chi connectivity index (χ1n) is 8.09. The van der Waals surface area contributed by atoms with Gasteiger partial charge in [0.2, 0.25) is 0 Å². The highest BCUT2D eigenvalue weighted by atomic mass is 35.5. The topological polar surface area (TPSA) is 42.4 Å². The van der Waals surface area contributed by atoms with E-state index in [0.717, 1.165) is 18.7 Å². The van der Waals surface area contributed by atoms with Crippen LogP contribution in [0.3, 0.4) is 0 Å². The van der Waals surface area contributed by atoms with Gasteiger partial charge >= 0.3 is 12.1 Å². The minimum absolute atomic E-state index is 0.121. The van der Waals surface area contributed by atoms with Crippen LogP contribution in [-0.4, -0.2) is 30.6 Å². The van der Waals surface area contributed by atoms with Crippen molar-refractivity contribution in [1.82, 2.24) is 4.98 Å². The van der Waals surface area contributed by atoms with Gasteiger partial charge in [-0.1, -0.05) is 29.3 Å². The van der Waals surface area contributed by atoms with E-state index in [1.165, 1.54) is 7.11 Å². The Morgan fingerprint density at radius 3 is 2.63 bits per heavy atom. The second kappa shape index (κ2) is 7.56. The predicted molar refractivity (Wildman–Crippen MR) is 97.1 cm³/mol. The minimum atomic E-state index is -4.52. The maximum absolute atomic E-state index is 12.8. The molecular weight excluding hydrogens is 404 g/mol. The van der Waals surface area contributed by atoms with Gasteiger partial charge in [0, 0.05) is 18.3 Å². The Kier molecular flexibility index (Phi) is 5.53. The molecule has 0 radical (unpaired) electrons. The van der Waals surface area contributed by atoms with E-state index in [0.29, 0.717) is 29.2 Å². The number of methoxy groups -OCH3 is 1. The van der Waals surface area contributed by atoms with Crippen molar-refractivity contribution >= 4 is 34.9 Å². The van der Waals surface area contributed by atoms with Crippen molar-refractivity contribution in [3.63, 3.8) is 0 Å². The zero-order chi connectivity index (χ0) is 19.8. The molecule has 1 aliphatic rings. The summed E-state index contributed by atoms with van der Waals surface area (Å²) < 4.78 is 43.3. The Bertz CT molecular complexity index is 874. The number of carbonyl (C=O) groups is 1. The summed E-state index contributed by atoms with van der Waals surface area (Å²) >= 11 is 12.3. The van der Waals surface area contributed by atoms with Crippen LogP contribution in [0.15, 0.2) is 30.5 Å². The van der Waals surface area contributed by atoms with E-state index < -0.39 is 17.8 Å². The van der Waals surface area contributed by atoms with Gasteiger partial charge in [0.25, 0.3) is 0 Å². The van der Waals surface area contributed by atoms with Gasteiger partial charge in [-0.15, -0.1) is 0 Å². The van der Waals surface area contributed by atoms with E-state index in [4.69, 9.17) is 27.9 Å². The van der Waals surface area contributed by atoms with Crippen molar-refractivity contribution in [3.05, 3.63) is 46.1 Å². The molecule has 0 saturated carbocycles. The summed E-state index contributed by atoms with van der Waals surface area (Å²) in [6.07, 6.45) is -2.36. The van der Waals surface area contributed by atoms with Crippen LogP contribution >= 0.6 is 23.2 Å². The highest BCUT2D eigenvalue weighted by Crippen LogP contribution is 2.38. The number of halogens is 5. The second-order valence-electron chi connectivity index (χ2n) is 6.09. The van der Waals surface area contributed by atoms with Crippen LogP contribution in [0, 0.1) is 0 Å². The average Bonchev–Trinajstić information content (AvgIpc) is 3.10. The summed E-state index contributed by atoms with van der Waals surface area (Å²) in [5.41, 5.74) is 0.371. The summed E-state index contributed by atoms with van der Waals surface area (Å²) in [6.45, 7) is 0.608. The maximum Gasteiger partial charge on any atom is 0.417 e. The monoisotopic (exact) mass is 418 g/mol. The van der Waals surface area contributed by atoms with E-state index in [1.807, 2.05) is 4.90 Å². The fraction of sp³-hybridized carbons (Fsp3) is 0.333. The number of nitrogens with zero attached hydrogens (tertiary/aromatic N) is 2. The van der Waals surface area contributed by atoms with Crippen molar-refractivity contribution in [2.24, 2.45) is 0 Å². The Morgan fingerprint density at radius 1 is 1.26 bits per heavy atom. The molecule has 1 fully saturated rings. The third-order valence-corrected chi connectivity index (χ3v) is 5.03. The third-order valence-electron chi connectivity index (χ3n) is 4.42. The molecule has 9 heteroatoms. The lowest BCUT2D eigenvalue weighted by atomic mass is 10.1. The molecule has 1 saturated heterocycles. The van der Waals surface area contributed by atoms with E-state index in [2.05, 4.69) is 4.98 Å². The van der Waals surface area contributed by atoms with Crippen molar-refractivity contribution in [3.8, 4) is 11.3 Å². The number of hydrogen-bond donors (Lipinski definition) is 0. The molecule has 0 N–H and O–H groups in total. The minimum Gasteiger partial charge on any atom is -0.467 e. The van der Waals surface area contributed by atoms with Gasteiger partial charge < -0.3 is 9.64 Å². The average molecular weight is 419 g/mol. The zero-order valence-corrected chi connectivity index (χ0v) is 15.7. The molecule has 1 aromatic heterocycles. The number of carbonyl (C=O) groups excluding carboxylic acids is 1. The van der Waals surface area contributed by atoms with Crippen LogP contribution in [0.5, 0.6) is 0 Å². The second-order valence-corrected chi connectivity index (χ2v) is 6.91. The highest BCUT2D eigenvalue weighted by molar-refractivity contribution is 6.34. The van der Waals surface area contributed by atoms with Gasteiger partial charge in [0.1, 0.15) is 6.04 Å². The van der Waals surface area contributed by atoms with Crippen LogP contribution in [0.1, 0.15) is 18.4 Å². The third kappa shape index (κ3) is 3.99. The van der Waals surface area contributed by atoms with E-state index >= 15 is 0 Å². The fourth-order valence-corrected chi connectivity index (χ4v) is 3.62. The number of esters is 1. The molecule has 0 aliphatic carbocycles. The number of benzene rings is 1. The van der Waals surface area contributed by atoms with Crippen LogP contribution in [0.4, 0.5) is 18.9 Å². The van der Waals surface area contributed by atoms with Gasteiger partial charge in [-0.2, -0.15) is 13.2 Å². The molecule has 3 rings (SSSR count). The summed E-state index contributed by atoms with van der Waals surface area (Å²) in [5.74, 6) is -0.361. The van der Waals surface area contributed by atoms with Gasteiger partial charge in [-0.25, -0.2) is 4.79 Å². The first-order valence-corrected chi connectivity index (χ1v) is 8.85. The molecule has 0 unspecified atom stereocenters. The maximum atomic E-state index is 12.8. The van der Waals surface area contributed by atoms with Gasteiger partial charge in [-0.3, -0.25) is 4.98 Å². The number of anilines is 1. The molecule has 1 aliphatic heterocycles. The summed E-state index contributed by atoms with van der Waals surface area (Å²) in [4.78, 5) is 17.7. The number of alkyl halides is 3. The number of hydrogen-bond acceptors (Lipinski definition) is 4. The number of rotatable bonds is 3. The van der Waals surface area contributed by atoms with Crippen LogP contribution in [0.2, 0.25) is 10.0 Å². The highest BCUT2D eigenvalue weighted by Gasteiger charge is 2.34. The predicted octanol–water partition coefficient (Wildman–Crippen LogP) is 5.22. The number of aromatic nitrogens is 1. The van der Waals surface area contributed by atoms with Crippen molar-refractivity contribution in [2.45, 2.75) is 25.1 Å². The lowest BCUT2D eigenvalue weighted by molar-refractivity contribution is -0.142. The van der Waals surface area contributed by atoms with Crippen molar-refractivity contribution in [2.75, 3.05) is 18.6 Å².